The molecule has 18 heavy (non-hydrogen) atoms. The fourth-order valence-electron chi connectivity index (χ4n) is 1.33. The number of imidazole rings is 1. The molecule has 0 saturated heterocycles. The summed E-state index contributed by atoms with van der Waals surface area (Å²) in [6, 6.07) is 1.87. The normalized spacial score (nSPS) is 12.4. The lowest BCUT2D eigenvalue weighted by molar-refractivity contribution is 0.227. The standard InChI is InChI=1S/C11H16N3O3P/c1-4-16-18(15,17-5-2)10(9-12)8-11-13-6-7-14(11)3/h6-8H,4-5H2,1-3H3/b10-8+. The third kappa shape index (κ3) is 3.30. The quantitative estimate of drug-likeness (QED) is 0.586. The zero-order chi connectivity index (χ0) is 13.6. The van der Waals surface area contributed by atoms with Crippen LogP contribution in [-0.4, -0.2) is 22.8 Å². The second-order valence-electron chi connectivity index (χ2n) is 3.37. The van der Waals surface area contributed by atoms with Crippen LogP contribution >= 0.6 is 7.60 Å². The van der Waals surface area contributed by atoms with E-state index in [2.05, 4.69) is 4.98 Å². The van der Waals surface area contributed by atoms with Gasteiger partial charge in [0.2, 0.25) is 0 Å². The molecule has 7 heteroatoms. The summed E-state index contributed by atoms with van der Waals surface area (Å²) < 4.78 is 24.4. The molecule has 0 N–H and O–H groups in total. The Hall–Kier alpha value is -1.41. The van der Waals surface area contributed by atoms with Crippen LogP contribution in [0.5, 0.6) is 0 Å². The Kier molecular flexibility index (Phi) is 5.29. The summed E-state index contributed by atoms with van der Waals surface area (Å²) in [5.74, 6) is 0.520. The lowest BCUT2D eigenvalue weighted by atomic mass is 10.5. The first-order valence-corrected chi connectivity index (χ1v) is 7.10. The Labute approximate surface area is 106 Å². The van der Waals surface area contributed by atoms with Gasteiger partial charge in [0.15, 0.2) is 0 Å². The van der Waals surface area contributed by atoms with Gasteiger partial charge in [-0.15, -0.1) is 0 Å². The Balaban J connectivity index is 3.15. The number of nitrogens with zero attached hydrogens (tertiary/aromatic N) is 3. The molecule has 1 heterocycles. The first-order valence-electron chi connectivity index (χ1n) is 5.56. The molecule has 0 amide bonds. The molecule has 1 aromatic heterocycles. The van der Waals surface area contributed by atoms with Crippen LogP contribution in [0.4, 0.5) is 0 Å². The fraction of sp³-hybridized carbons (Fsp3) is 0.455. The summed E-state index contributed by atoms with van der Waals surface area (Å²) in [6.07, 6.45) is 4.74. The molecule has 0 aliphatic heterocycles. The highest BCUT2D eigenvalue weighted by Crippen LogP contribution is 2.56. The van der Waals surface area contributed by atoms with Crippen LogP contribution in [0, 0.1) is 11.3 Å². The number of rotatable bonds is 6. The second kappa shape index (κ2) is 6.50. The lowest BCUT2D eigenvalue weighted by Crippen LogP contribution is -1.99. The summed E-state index contributed by atoms with van der Waals surface area (Å²) in [6.45, 7) is 3.80. The third-order valence-corrected chi connectivity index (χ3v) is 4.15. The van der Waals surface area contributed by atoms with Crippen molar-refractivity contribution in [2.24, 2.45) is 7.05 Å². The third-order valence-electron chi connectivity index (χ3n) is 2.13. The average Bonchev–Trinajstić information content (AvgIpc) is 2.72. The van der Waals surface area contributed by atoms with Gasteiger partial charge in [0, 0.05) is 25.5 Å². The average molecular weight is 269 g/mol. The largest absolute Gasteiger partial charge is 0.371 e. The van der Waals surface area contributed by atoms with Crippen molar-refractivity contribution in [1.82, 2.24) is 9.55 Å². The number of nitriles is 1. The van der Waals surface area contributed by atoms with E-state index in [9.17, 15) is 4.57 Å². The van der Waals surface area contributed by atoms with Gasteiger partial charge in [-0.3, -0.25) is 4.57 Å². The molecule has 1 aromatic rings. The summed E-state index contributed by atoms with van der Waals surface area (Å²) >= 11 is 0. The Bertz CT molecular complexity index is 506. The molecule has 0 fully saturated rings. The minimum atomic E-state index is -3.54. The van der Waals surface area contributed by atoms with E-state index in [1.807, 2.05) is 6.07 Å². The van der Waals surface area contributed by atoms with Crippen molar-refractivity contribution in [3.8, 4) is 6.07 Å². The lowest BCUT2D eigenvalue weighted by Gasteiger charge is -2.15. The van der Waals surface area contributed by atoms with Gasteiger partial charge >= 0.3 is 7.60 Å². The zero-order valence-electron chi connectivity index (χ0n) is 10.7. The van der Waals surface area contributed by atoms with E-state index < -0.39 is 7.60 Å². The van der Waals surface area contributed by atoms with Crippen molar-refractivity contribution < 1.29 is 13.6 Å². The predicted molar refractivity (Wildman–Crippen MR) is 67.7 cm³/mol. The summed E-state index contributed by atoms with van der Waals surface area (Å²) in [5, 5.41) is 9.08. The van der Waals surface area contributed by atoms with Crippen molar-refractivity contribution in [3.63, 3.8) is 0 Å². The van der Waals surface area contributed by atoms with Crippen LogP contribution in [0.1, 0.15) is 19.7 Å². The van der Waals surface area contributed by atoms with Gasteiger partial charge in [0.05, 0.1) is 13.2 Å². The van der Waals surface area contributed by atoms with E-state index in [-0.39, 0.29) is 18.5 Å². The van der Waals surface area contributed by atoms with E-state index in [4.69, 9.17) is 14.3 Å². The van der Waals surface area contributed by atoms with Crippen molar-refractivity contribution in [2.45, 2.75) is 13.8 Å². The first-order chi connectivity index (χ1) is 8.57. The van der Waals surface area contributed by atoms with Gasteiger partial charge < -0.3 is 13.6 Å². The molecule has 0 aliphatic rings. The van der Waals surface area contributed by atoms with E-state index in [0.717, 1.165) is 0 Å². The highest BCUT2D eigenvalue weighted by atomic mass is 31.2. The smallest absolute Gasteiger partial charge is 0.335 e. The van der Waals surface area contributed by atoms with Crippen LogP contribution in [-0.2, 0) is 20.7 Å². The summed E-state index contributed by atoms with van der Waals surface area (Å²) in [7, 11) is -1.77. The molecule has 0 saturated carbocycles. The van der Waals surface area contributed by atoms with Gasteiger partial charge in [0.25, 0.3) is 0 Å². The van der Waals surface area contributed by atoms with Gasteiger partial charge in [-0.2, -0.15) is 5.26 Å². The molecule has 0 aliphatic carbocycles. The van der Waals surface area contributed by atoms with Gasteiger partial charge in [-0.1, -0.05) is 0 Å². The second-order valence-corrected chi connectivity index (χ2v) is 5.36. The maximum Gasteiger partial charge on any atom is 0.371 e. The Morgan fingerprint density at radius 1 is 1.56 bits per heavy atom. The van der Waals surface area contributed by atoms with Crippen LogP contribution in [0.15, 0.2) is 17.7 Å². The molecular weight excluding hydrogens is 253 g/mol. The van der Waals surface area contributed by atoms with Crippen molar-refractivity contribution in [1.29, 1.82) is 5.26 Å². The molecule has 0 spiro atoms. The molecular formula is C11H16N3O3P. The minimum absolute atomic E-state index is 0.0412. The highest BCUT2D eigenvalue weighted by molar-refractivity contribution is 7.59. The molecule has 0 radical (unpaired) electrons. The van der Waals surface area contributed by atoms with Gasteiger partial charge in [-0.25, -0.2) is 4.98 Å². The summed E-state index contributed by atoms with van der Waals surface area (Å²) in [4.78, 5) is 4.04. The predicted octanol–water partition coefficient (Wildman–Crippen LogP) is 2.55. The van der Waals surface area contributed by atoms with Gasteiger partial charge in [0.1, 0.15) is 17.2 Å². The number of aromatic nitrogens is 2. The molecule has 0 aromatic carbocycles. The number of hydrogen-bond acceptors (Lipinski definition) is 5. The number of allylic oxidation sites excluding steroid dienone is 1. The Morgan fingerprint density at radius 3 is 2.56 bits per heavy atom. The van der Waals surface area contributed by atoms with Crippen LogP contribution < -0.4 is 0 Å². The fourth-order valence-corrected chi connectivity index (χ4v) is 2.76. The van der Waals surface area contributed by atoms with Crippen LogP contribution in [0.2, 0.25) is 0 Å². The topological polar surface area (TPSA) is 77.1 Å². The molecule has 0 atom stereocenters. The van der Waals surface area contributed by atoms with Crippen molar-refractivity contribution >= 4 is 13.7 Å². The van der Waals surface area contributed by atoms with E-state index >= 15 is 0 Å². The van der Waals surface area contributed by atoms with E-state index in [1.54, 1.807) is 37.9 Å². The molecule has 1 rings (SSSR count). The monoisotopic (exact) mass is 269 g/mol. The number of aryl methyl sites for hydroxylation is 1. The SMILES string of the molecule is CCOP(=O)(OCC)/C(C#N)=C/c1nccn1C. The van der Waals surface area contributed by atoms with Crippen molar-refractivity contribution in [2.75, 3.05) is 13.2 Å². The van der Waals surface area contributed by atoms with E-state index in [0.29, 0.717) is 5.82 Å². The molecule has 6 nitrogen and oxygen atoms in total. The molecule has 0 unspecified atom stereocenters. The molecule has 0 bridgehead atoms. The van der Waals surface area contributed by atoms with Crippen molar-refractivity contribution in [3.05, 3.63) is 23.5 Å². The maximum atomic E-state index is 12.4. The molecule has 98 valence electrons. The minimum Gasteiger partial charge on any atom is -0.335 e. The zero-order valence-corrected chi connectivity index (χ0v) is 11.6. The van der Waals surface area contributed by atoms with Crippen LogP contribution in [0.3, 0.4) is 0 Å². The van der Waals surface area contributed by atoms with E-state index in [1.165, 1.54) is 6.08 Å². The Morgan fingerprint density at radius 2 is 2.17 bits per heavy atom. The van der Waals surface area contributed by atoms with Gasteiger partial charge in [-0.05, 0) is 13.8 Å². The summed E-state index contributed by atoms with van der Waals surface area (Å²) in [5.41, 5.74) is 0. The van der Waals surface area contributed by atoms with Crippen LogP contribution in [0.25, 0.3) is 6.08 Å². The maximum absolute atomic E-state index is 12.4. The first kappa shape index (κ1) is 14.7. The highest BCUT2D eigenvalue weighted by Gasteiger charge is 2.30. The number of hydrogen-bond donors (Lipinski definition) is 0.